The van der Waals surface area contributed by atoms with Gasteiger partial charge >= 0.3 is 0 Å². The lowest BCUT2D eigenvalue weighted by atomic mass is 9.98. The minimum Gasteiger partial charge on any atom is -0.264 e. The molecule has 1 heteroatoms. The normalized spacial score (nSPS) is 25.9. The van der Waals surface area contributed by atoms with E-state index >= 15 is 0 Å². The second-order valence-electron chi connectivity index (χ2n) is 3.75. The van der Waals surface area contributed by atoms with Crippen molar-refractivity contribution in [2.45, 2.75) is 20.3 Å². The average Bonchev–Trinajstić information content (AvgIpc) is 3.11. The number of fused-ring (bicyclic) bond motifs is 1. The summed E-state index contributed by atoms with van der Waals surface area (Å²) in [5, 5.41) is 0. The quantitative estimate of drug-likeness (QED) is 0.672. The molecule has 1 fully saturated rings. The van der Waals surface area contributed by atoms with Crippen LogP contribution in [0.1, 0.15) is 25.8 Å². The topological polar surface area (TPSA) is 12.9 Å². The second kappa shape index (κ2) is 4.43. The highest BCUT2D eigenvalue weighted by Crippen LogP contribution is 2.50. The molecule has 2 aliphatic carbocycles. The second-order valence-corrected chi connectivity index (χ2v) is 3.75. The summed E-state index contributed by atoms with van der Waals surface area (Å²) in [6.07, 6.45) is 11.8. The van der Waals surface area contributed by atoms with Crippen molar-refractivity contribution in [1.29, 1.82) is 0 Å². The maximum atomic E-state index is 4.15. The largest absolute Gasteiger partial charge is 0.264 e. The number of aromatic nitrogens is 1. The van der Waals surface area contributed by atoms with E-state index in [0.29, 0.717) is 0 Å². The number of hydrogen-bond acceptors (Lipinski definition) is 1. The van der Waals surface area contributed by atoms with E-state index in [4.69, 9.17) is 0 Å². The zero-order chi connectivity index (χ0) is 10.7. The van der Waals surface area contributed by atoms with E-state index in [2.05, 4.69) is 29.3 Å². The van der Waals surface area contributed by atoms with E-state index in [1.165, 1.54) is 17.6 Å². The van der Waals surface area contributed by atoms with Crippen LogP contribution in [-0.4, -0.2) is 4.98 Å². The maximum absolute atomic E-state index is 4.15. The van der Waals surface area contributed by atoms with Gasteiger partial charge in [-0.3, -0.25) is 4.98 Å². The Morgan fingerprint density at radius 3 is 2.93 bits per heavy atom. The Morgan fingerprint density at radius 1 is 1.33 bits per heavy atom. The van der Waals surface area contributed by atoms with Crippen molar-refractivity contribution < 1.29 is 0 Å². The van der Waals surface area contributed by atoms with Crippen LogP contribution in [0.15, 0.2) is 42.8 Å². The minimum absolute atomic E-state index is 0.786. The third kappa shape index (κ3) is 2.01. The lowest BCUT2D eigenvalue weighted by molar-refractivity contribution is 0.996. The average molecular weight is 199 g/mol. The molecular weight excluding hydrogens is 182 g/mol. The van der Waals surface area contributed by atoms with Gasteiger partial charge in [0.2, 0.25) is 0 Å². The van der Waals surface area contributed by atoms with Crippen LogP contribution in [0.4, 0.5) is 0 Å². The van der Waals surface area contributed by atoms with Gasteiger partial charge in [0.15, 0.2) is 0 Å². The summed E-state index contributed by atoms with van der Waals surface area (Å²) in [6.45, 7) is 4.00. The van der Waals surface area contributed by atoms with Gasteiger partial charge in [0.05, 0.1) is 0 Å². The van der Waals surface area contributed by atoms with E-state index in [9.17, 15) is 0 Å². The Hall–Kier alpha value is -1.37. The van der Waals surface area contributed by atoms with Gasteiger partial charge in [-0.1, -0.05) is 38.1 Å². The summed E-state index contributed by atoms with van der Waals surface area (Å²) < 4.78 is 0. The molecule has 2 atom stereocenters. The summed E-state index contributed by atoms with van der Waals surface area (Å²) in [5.74, 6) is 1.61. The SMILES string of the molecule is C1=CC2CC2C(c2cccnc2)=C1.CC. The molecule has 1 nitrogen and oxygen atoms in total. The van der Waals surface area contributed by atoms with Gasteiger partial charge in [0.1, 0.15) is 0 Å². The van der Waals surface area contributed by atoms with Gasteiger partial charge < -0.3 is 0 Å². The van der Waals surface area contributed by atoms with Crippen molar-refractivity contribution in [1.82, 2.24) is 4.98 Å². The number of allylic oxidation sites excluding steroid dienone is 4. The smallest absolute Gasteiger partial charge is 0.0343 e. The first-order valence-electron chi connectivity index (χ1n) is 5.74. The summed E-state index contributed by atoms with van der Waals surface area (Å²) in [5.41, 5.74) is 2.76. The van der Waals surface area contributed by atoms with Gasteiger partial charge in [-0.05, 0) is 35.5 Å². The maximum Gasteiger partial charge on any atom is 0.0343 e. The summed E-state index contributed by atoms with van der Waals surface area (Å²) in [6, 6.07) is 4.15. The molecule has 1 aromatic heterocycles. The van der Waals surface area contributed by atoms with E-state index in [0.717, 1.165) is 11.8 Å². The fourth-order valence-electron chi connectivity index (χ4n) is 2.05. The highest BCUT2D eigenvalue weighted by atomic mass is 14.6. The van der Waals surface area contributed by atoms with E-state index in [1.807, 2.05) is 32.3 Å². The third-order valence-electron chi connectivity index (χ3n) is 2.87. The van der Waals surface area contributed by atoms with Crippen LogP contribution in [0.25, 0.3) is 5.57 Å². The van der Waals surface area contributed by atoms with Gasteiger partial charge in [0.25, 0.3) is 0 Å². The van der Waals surface area contributed by atoms with Gasteiger partial charge in [-0.25, -0.2) is 0 Å². The Morgan fingerprint density at radius 2 is 2.20 bits per heavy atom. The van der Waals surface area contributed by atoms with Crippen LogP contribution in [0, 0.1) is 11.8 Å². The first-order valence-corrected chi connectivity index (χ1v) is 5.74. The fourth-order valence-corrected chi connectivity index (χ4v) is 2.05. The number of pyridine rings is 1. The minimum atomic E-state index is 0.786. The van der Waals surface area contributed by atoms with Crippen LogP contribution in [0.5, 0.6) is 0 Å². The molecule has 0 saturated heterocycles. The molecule has 1 heterocycles. The molecule has 3 rings (SSSR count). The molecule has 2 unspecified atom stereocenters. The summed E-state index contributed by atoms with van der Waals surface area (Å²) >= 11 is 0. The molecule has 15 heavy (non-hydrogen) atoms. The van der Waals surface area contributed by atoms with Gasteiger partial charge in [-0.2, -0.15) is 0 Å². The molecule has 0 aromatic carbocycles. The van der Waals surface area contributed by atoms with E-state index < -0.39 is 0 Å². The first-order chi connectivity index (χ1) is 7.45. The molecule has 1 aromatic rings. The molecule has 1 saturated carbocycles. The van der Waals surface area contributed by atoms with Crippen LogP contribution in [0.2, 0.25) is 0 Å². The number of nitrogens with zero attached hydrogens (tertiary/aromatic N) is 1. The van der Waals surface area contributed by atoms with Crippen LogP contribution < -0.4 is 0 Å². The lowest BCUT2D eigenvalue weighted by Gasteiger charge is -2.07. The monoisotopic (exact) mass is 199 g/mol. The molecular formula is C14H17N. The van der Waals surface area contributed by atoms with Crippen LogP contribution in [0.3, 0.4) is 0 Å². The van der Waals surface area contributed by atoms with Crippen molar-refractivity contribution in [3.63, 3.8) is 0 Å². The Balaban J connectivity index is 0.000000404. The van der Waals surface area contributed by atoms with Crippen molar-refractivity contribution >= 4 is 5.57 Å². The Kier molecular flexibility index (Phi) is 3.00. The molecule has 0 amide bonds. The zero-order valence-electron chi connectivity index (χ0n) is 9.35. The highest BCUT2D eigenvalue weighted by molar-refractivity contribution is 5.72. The van der Waals surface area contributed by atoms with Crippen molar-refractivity contribution in [3.05, 3.63) is 48.3 Å². The number of rotatable bonds is 1. The predicted octanol–water partition coefficient (Wildman–Crippen LogP) is 3.70. The number of hydrogen-bond donors (Lipinski definition) is 0. The van der Waals surface area contributed by atoms with E-state index in [-0.39, 0.29) is 0 Å². The molecule has 0 N–H and O–H groups in total. The van der Waals surface area contributed by atoms with Gasteiger partial charge in [0, 0.05) is 12.4 Å². The van der Waals surface area contributed by atoms with Gasteiger partial charge in [-0.15, -0.1) is 0 Å². The Bertz CT molecular complexity index is 376. The molecule has 0 bridgehead atoms. The van der Waals surface area contributed by atoms with E-state index in [1.54, 1.807) is 0 Å². The predicted molar refractivity (Wildman–Crippen MR) is 64.3 cm³/mol. The fraction of sp³-hybridized carbons (Fsp3) is 0.357. The lowest BCUT2D eigenvalue weighted by Crippen LogP contribution is -1.92. The summed E-state index contributed by atoms with van der Waals surface area (Å²) in [7, 11) is 0. The van der Waals surface area contributed by atoms with Crippen LogP contribution in [-0.2, 0) is 0 Å². The third-order valence-corrected chi connectivity index (χ3v) is 2.87. The first kappa shape index (κ1) is 10.2. The molecule has 0 radical (unpaired) electrons. The van der Waals surface area contributed by atoms with Crippen molar-refractivity contribution in [2.75, 3.05) is 0 Å². The standard InChI is InChI=1S/C12H11N.C2H6/c1-3-9-7-12(9)11(5-1)10-4-2-6-13-8-10;1-2/h1-6,8-9,12H,7H2;1-2H3. The van der Waals surface area contributed by atoms with Crippen molar-refractivity contribution in [3.8, 4) is 0 Å². The van der Waals surface area contributed by atoms with Crippen molar-refractivity contribution in [2.24, 2.45) is 11.8 Å². The Labute approximate surface area is 91.6 Å². The highest BCUT2D eigenvalue weighted by Gasteiger charge is 2.39. The molecule has 0 spiro atoms. The van der Waals surface area contributed by atoms with Crippen LogP contribution >= 0.6 is 0 Å². The molecule has 0 aliphatic heterocycles. The summed E-state index contributed by atoms with van der Waals surface area (Å²) in [4.78, 5) is 4.15. The zero-order valence-corrected chi connectivity index (χ0v) is 9.35. The molecule has 2 aliphatic rings. The molecule has 78 valence electrons.